The lowest BCUT2D eigenvalue weighted by molar-refractivity contribution is 0.0983. The number of carbonyl (C=O) groups is 2. The van der Waals surface area contributed by atoms with Gasteiger partial charge in [-0.15, -0.1) is 0 Å². The van der Waals surface area contributed by atoms with Gasteiger partial charge in [0.05, 0.1) is 0 Å². The van der Waals surface area contributed by atoms with Gasteiger partial charge >= 0.3 is 0 Å². The Bertz CT molecular complexity index is 1010. The fourth-order valence-corrected chi connectivity index (χ4v) is 3.07. The van der Waals surface area contributed by atoms with Crippen molar-refractivity contribution < 1.29 is 9.59 Å². The maximum absolute atomic E-state index is 12.9. The van der Waals surface area contributed by atoms with Crippen LogP contribution in [0.4, 0.5) is 11.4 Å². The summed E-state index contributed by atoms with van der Waals surface area (Å²) in [6.45, 7) is 4.25. The molecule has 0 bridgehead atoms. The lowest BCUT2D eigenvalue weighted by Gasteiger charge is -2.20. The fourth-order valence-electron chi connectivity index (χ4n) is 2.84. The summed E-state index contributed by atoms with van der Waals surface area (Å²) in [5, 5.41) is 3.45. The summed E-state index contributed by atoms with van der Waals surface area (Å²) in [7, 11) is 0. The van der Waals surface area contributed by atoms with Crippen LogP contribution in [0.5, 0.6) is 0 Å². The number of carbonyl (C=O) groups excluding carboxylic acids is 2. The number of nitrogens with one attached hydrogen (secondary N) is 1. The van der Waals surface area contributed by atoms with E-state index in [1.165, 1.54) is 12.3 Å². The summed E-state index contributed by atoms with van der Waals surface area (Å²) < 4.78 is 0. The Morgan fingerprint density at radius 1 is 1.07 bits per heavy atom. The summed E-state index contributed by atoms with van der Waals surface area (Å²) in [6, 6.07) is 17.7. The molecule has 0 aliphatic heterocycles. The predicted octanol–water partition coefficient (Wildman–Crippen LogP) is 4.96. The first-order valence-electron chi connectivity index (χ1n) is 8.90. The van der Waals surface area contributed by atoms with Crippen molar-refractivity contribution in [1.29, 1.82) is 0 Å². The highest BCUT2D eigenvalue weighted by molar-refractivity contribution is 6.30. The number of nitrogens with zero attached hydrogens (tertiary/aromatic N) is 2. The zero-order valence-corrected chi connectivity index (χ0v) is 16.4. The summed E-state index contributed by atoms with van der Waals surface area (Å²) in [6.07, 6.45) is 1.47. The Hall–Kier alpha value is -3.18. The Labute approximate surface area is 169 Å². The van der Waals surface area contributed by atoms with Crippen molar-refractivity contribution in [2.75, 3.05) is 16.8 Å². The van der Waals surface area contributed by atoms with Gasteiger partial charge in [-0.05, 0) is 61.9 Å². The van der Waals surface area contributed by atoms with Crippen LogP contribution in [0, 0.1) is 6.92 Å². The minimum atomic E-state index is -0.315. The first kappa shape index (κ1) is 19.6. The molecule has 0 fully saturated rings. The van der Waals surface area contributed by atoms with Crippen molar-refractivity contribution in [1.82, 2.24) is 4.98 Å². The molecule has 3 rings (SSSR count). The second kappa shape index (κ2) is 8.67. The standard InChI is InChI=1S/C22H20ClN3O2/c1-3-26(18-7-5-4-6-8-18)22(28)20-14-16(11-12-24-20)21(27)25-19-10-9-17(23)13-15(19)2/h4-14H,3H2,1-2H3,(H,25,27). The topological polar surface area (TPSA) is 62.3 Å². The molecule has 1 aromatic heterocycles. The normalized spacial score (nSPS) is 10.4. The van der Waals surface area contributed by atoms with Crippen LogP contribution in [-0.2, 0) is 0 Å². The molecule has 0 spiro atoms. The number of hydrogen-bond acceptors (Lipinski definition) is 3. The minimum absolute atomic E-state index is 0.214. The van der Waals surface area contributed by atoms with Crippen LogP contribution in [0.3, 0.4) is 0 Å². The Morgan fingerprint density at radius 2 is 1.82 bits per heavy atom. The highest BCUT2D eigenvalue weighted by Gasteiger charge is 2.19. The first-order chi connectivity index (χ1) is 13.5. The SMILES string of the molecule is CCN(C(=O)c1cc(C(=O)Nc2ccc(Cl)cc2C)ccn1)c1ccccc1. The molecule has 2 amide bonds. The Balaban J connectivity index is 1.83. The molecule has 6 heteroatoms. The molecule has 3 aromatic rings. The van der Waals surface area contributed by atoms with Crippen molar-refractivity contribution in [3.63, 3.8) is 0 Å². The van der Waals surface area contributed by atoms with E-state index >= 15 is 0 Å². The number of anilines is 2. The Morgan fingerprint density at radius 3 is 2.50 bits per heavy atom. The van der Waals surface area contributed by atoms with E-state index in [1.54, 1.807) is 29.2 Å². The second-order valence-electron chi connectivity index (χ2n) is 6.23. The first-order valence-corrected chi connectivity index (χ1v) is 9.28. The molecule has 28 heavy (non-hydrogen) atoms. The molecule has 0 unspecified atom stereocenters. The molecule has 1 heterocycles. The van der Waals surface area contributed by atoms with Crippen molar-refractivity contribution >= 4 is 34.8 Å². The van der Waals surface area contributed by atoms with Crippen LogP contribution in [0.15, 0.2) is 66.9 Å². The van der Waals surface area contributed by atoms with Crippen molar-refractivity contribution in [2.24, 2.45) is 0 Å². The van der Waals surface area contributed by atoms with Gasteiger partial charge in [-0.3, -0.25) is 14.6 Å². The molecule has 5 nitrogen and oxygen atoms in total. The number of aryl methyl sites for hydroxylation is 1. The maximum Gasteiger partial charge on any atom is 0.276 e. The van der Waals surface area contributed by atoms with Crippen LogP contribution >= 0.6 is 11.6 Å². The Kier molecular flexibility index (Phi) is 6.06. The van der Waals surface area contributed by atoms with Gasteiger partial charge in [-0.2, -0.15) is 0 Å². The number of hydrogen-bond donors (Lipinski definition) is 1. The van der Waals surface area contributed by atoms with Gasteiger partial charge in [0.2, 0.25) is 0 Å². The highest BCUT2D eigenvalue weighted by Crippen LogP contribution is 2.21. The van der Waals surface area contributed by atoms with E-state index in [1.807, 2.05) is 44.2 Å². The van der Waals surface area contributed by atoms with Gasteiger partial charge in [0.1, 0.15) is 5.69 Å². The average molecular weight is 394 g/mol. The zero-order chi connectivity index (χ0) is 20.1. The molecule has 0 saturated carbocycles. The fraction of sp³-hybridized carbons (Fsp3) is 0.136. The number of benzene rings is 2. The zero-order valence-electron chi connectivity index (χ0n) is 15.6. The highest BCUT2D eigenvalue weighted by atomic mass is 35.5. The molecule has 2 aromatic carbocycles. The minimum Gasteiger partial charge on any atom is -0.322 e. The van der Waals surface area contributed by atoms with Crippen LogP contribution in [0.25, 0.3) is 0 Å². The molecular formula is C22H20ClN3O2. The molecule has 1 N–H and O–H groups in total. The average Bonchev–Trinajstić information content (AvgIpc) is 2.71. The van der Waals surface area contributed by atoms with Gasteiger partial charge in [0, 0.05) is 34.7 Å². The van der Waals surface area contributed by atoms with E-state index in [2.05, 4.69) is 10.3 Å². The number of aromatic nitrogens is 1. The van der Waals surface area contributed by atoms with Crippen LogP contribution in [0.1, 0.15) is 33.3 Å². The number of para-hydroxylation sites is 1. The summed E-state index contributed by atoms with van der Waals surface area (Å²) in [5.41, 5.74) is 2.87. The number of pyridine rings is 1. The van der Waals surface area contributed by atoms with Crippen LogP contribution < -0.4 is 10.2 Å². The lowest BCUT2D eigenvalue weighted by Crippen LogP contribution is -2.31. The number of rotatable bonds is 5. The van der Waals surface area contributed by atoms with Crippen molar-refractivity contribution in [3.8, 4) is 0 Å². The summed E-state index contributed by atoms with van der Waals surface area (Å²) in [5.74, 6) is -0.573. The number of amides is 2. The van der Waals surface area contributed by atoms with E-state index in [4.69, 9.17) is 11.6 Å². The molecule has 0 atom stereocenters. The van der Waals surface area contributed by atoms with Crippen LogP contribution in [-0.4, -0.2) is 23.3 Å². The number of halogens is 1. The van der Waals surface area contributed by atoms with Gasteiger partial charge in [0.25, 0.3) is 11.8 Å². The second-order valence-corrected chi connectivity index (χ2v) is 6.66. The summed E-state index contributed by atoms with van der Waals surface area (Å²) >= 11 is 5.96. The molecule has 0 aliphatic carbocycles. The third-order valence-corrected chi connectivity index (χ3v) is 4.54. The monoisotopic (exact) mass is 393 g/mol. The molecule has 142 valence electrons. The van der Waals surface area contributed by atoms with Gasteiger partial charge in [0.15, 0.2) is 0 Å². The van der Waals surface area contributed by atoms with Crippen LogP contribution in [0.2, 0.25) is 5.02 Å². The largest absolute Gasteiger partial charge is 0.322 e. The molecule has 0 radical (unpaired) electrons. The third kappa shape index (κ3) is 4.38. The van der Waals surface area contributed by atoms with E-state index in [-0.39, 0.29) is 17.5 Å². The molecule has 0 aliphatic rings. The van der Waals surface area contributed by atoms with Gasteiger partial charge in [-0.1, -0.05) is 29.8 Å². The van der Waals surface area contributed by atoms with E-state index in [0.717, 1.165) is 11.3 Å². The third-order valence-electron chi connectivity index (χ3n) is 4.31. The maximum atomic E-state index is 12.9. The van der Waals surface area contributed by atoms with Crippen molar-refractivity contribution in [3.05, 3.63) is 88.7 Å². The quantitative estimate of drug-likeness (QED) is 0.666. The van der Waals surface area contributed by atoms with Gasteiger partial charge in [-0.25, -0.2) is 0 Å². The van der Waals surface area contributed by atoms with E-state index in [9.17, 15) is 9.59 Å². The molecule has 0 saturated heterocycles. The smallest absolute Gasteiger partial charge is 0.276 e. The summed E-state index contributed by atoms with van der Waals surface area (Å²) in [4.78, 5) is 31.3. The van der Waals surface area contributed by atoms with Gasteiger partial charge < -0.3 is 10.2 Å². The van der Waals surface area contributed by atoms with E-state index in [0.29, 0.717) is 22.8 Å². The lowest BCUT2D eigenvalue weighted by atomic mass is 10.1. The predicted molar refractivity (Wildman–Crippen MR) is 112 cm³/mol. The van der Waals surface area contributed by atoms with Crippen molar-refractivity contribution in [2.45, 2.75) is 13.8 Å². The molecular weight excluding hydrogens is 374 g/mol. The van der Waals surface area contributed by atoms with E-state index < -0.39 is 0 Å².